The van der Waals surface area contributed by atoms with Crippen molar-refractivity contribution in [3.63, 3.8) is 0 Å². The van der Waals surface area contributed by atoms with Crippen molar-refractivity contribution < 1.29 is 13.6 Å². The molecule has 19 heavy (non-hydrogen) atoms. The Balaban J connectivity index is 2.91. The molecule has 0 bridgehead atoms. The Morgan fingerprint density at radius 2 is 1.89 bits per heavy atom. The van der Waals surface area contributed by atoms with Crippen LogP contribution >= 0.6 is 0 Å². The van der Waals surface area contributed by atoms with Crippen LogP contribution in [0.5, 0.6) is 0 Å². The molecule has 1 amide bonds. The molecule has 1 aromatic rings. The Morgan fingerprint density at radius 1 is 1.37 bits per heavy atom. The van der Waals surface area contributed by atoms with Gasteiger partial charge in [0.15, 0.2) is 11.6 Å². The highest BCUT2D eigenvalue weighted by Gasteiger charge is 2.27. The van der Waals surface area contributed by atoms with Gasteiger partial charge in [0.05, 0.1) is 17.0 Å². The van der Waals surface area contributed by atoms with Gasteiger partial charge in [-0.3, -0.25) is 4.79 Å². The molecule has 0 fully saturated rings. The zero-order valence-corrected chi connectivity index (χ0v) is 11.0. The van der Waals surface area contributed by atoms with Gasteiger partial charge in [-0.15, -0.1) is 0 Å². The Hall–Kier alpha value is -2.16. The number of amides is 1. The first kappa shape index (κ1) is 14.9. The molecule has 4 nitrogen and oxygen atoms in total. The molecular formula is C13H15F2N3O. The highest BCUT2D eigenvalue weighted by molar-refractivity contribution is 5.82. The van der Waals surface area contributed by atoms with Crippen LogP contribution in [0.15, 0.2) is 12.1 Å². The van der Waals surface area contributed by atoms with Crippen LogP contribution in [0.25, 0.3) is 0 Å². The van der Waals surface area contributed by atoms with Gasteiger partial charge >= 0.3 is 0 Å². The number of carbonyl (C=O) groups is 1. The van der Waals surface area contributed by atoms with E-state index >= 15 is 0 Å². The van der Waals surface area contributed by atoms with Crippen molar-refractivity contribution in [3.8, 4) is 6.07 Å². The molecule has 0 atom stereocenters. The standard InChI is InChI=1S/C13H15F2N3O/c1-13(2,12(19)17-3)7-18-11-9(14)4-8(6-16)5-10(11)15/h4-5,18H,7H2,1-3H3,(H,17,19). The Kier molecular flexibility index (Phi) is 4.43. The molecule has 6 heteroatoms. The molecule has 102 valence electrons. The zero-order chi connectivity index (χ0) is 14.6. The van der Waals surface area contributed by atoms with E-state index in [-0.39, 0.29) is 23.7 Å². The van der Waals surface area contributed by atoms with E-state index in [9.17, 15) is 13.6 Å². The van der Waals surface area contributed by atoms with E-state index in [0.29, 0.717) is 0 Å². The summed E-state index contributed by atoms with van der Waals surface area (Å²) in [4.78, 5) is 11.5. The fourth-order valence-electron chi connectivity index (χ4n) is 1.53. The minimum Gasteiger partial charge on any atom is -0.379 e. The number of anilines is 1. The Morgan fingerprint density at radius 3 is 2.32 bits per heavy atom. The normalized spacial score (nSPS) is 10.7. The number of rotatable bonds is 4. The van der Waals surface area contributed by atoms with E-state index in [1.807, 2.05) is 0 Å². The lowest BCUT2D eigenvalue weighted by molar-refractivity contribution is -0.128. The number of halogens is 2. The maximum atomic E-state index is 13.6. The number of nitrogens with one attached hydrogen (secondary N) is 2. The second kappa shape index (κ2) is 5.65. The van der Waals surface area contributed by atoms with Crippen LogP contribution in [-0.2, 0) is 4.79 Å². The van der Waals surface area contributed by atoms with Gasteiger partial charge in [-0.05, 0) is 26.0 Å². The summed E-state index contributed by atoms with van der Waals surface area (Å²) in [5.74, 6) is -1.96. The van der Waals surface area contributed by atoms with Crippen LogP contribution in [0.3, 0.4) is 0 Å². The fraction of sp³-hybridized carbons (Fsp3) is 0.385. The first-order valence-electron chi connectivity index (χ1n) is 5.67. The summed E-state index contributed by atoms with van der Waals surface area (Å²) in [6.45, 7) is 3.36. The van der Waals surface area contributed by atoms with E-state index in [0.717, 1.165) is 12.1 Å². The molecule has 0 saturated heterocycles. The number of benzene rings is 1. The van der Waals surface area contributed by atoms with Gasteiger partial charge < -0.3 is 10.6 Å². The van der Waals surface area contributed by atoms with Crippen molar-refractivity contribution in [3.05, 3.63) is 29.3 Å². The van der Waals surface area contributed by atoms with Crippen LogP contribution < -0.4 is 10.6 Å². The van der Waals surface area contributed by atoms with Crippen molar-refractivity contribution in [2.45, 2.75) is 13.8 Å². The highest BCUT2D eigenvalue weighted by Crippen LogP contribution is 2.23. The molecule has 0 aliphatic rings. The molecule has 1 aromatic carbocycles. The molecule has 0 unspecified atom stereocenters. The van der Waals surface area contributed by atoms with Crippen LogP contribution in [0.1, 0.15) is 19.4 Å². The largest absolute Gasteiger partial charge is 0.379 e. The second-order valence-electron chi connectivity index (χ2n) is 4.74. The van der Waals surface area contributed by atoms with Crippen LogP contribution in [0.4, 0.5) is 14.5 Å². The molecule has 0 aliphatic heterocycles. The lowest BCUT2D eigenvalue weighted by Crippen LogP contribution is -2.39. The molecule has 0 saturated carbocycles. The summed E-state index contributed by atoms with van der Waals surface area (Å²) in [7, 11) is 1.49. The van der Waals surface area contributed by atoms with Gasteiger partial charge in [0, 0.05) is 13.6 Å². The van der Waals surface area contributed by atoms with Crippen LogP contribution in [-0.4, -0.2) is 19.5 Å². The summed E-state index contributed by atoms with van der Waals surface area (Å²) in [5, 5.41) is 13.6. The minimum atomic E-state index is -0.857. The van der Waals surface area contributed by atoms with E-state index in [2.05, 4.69) is 10.6 Å². The number of carbonyl (C=O) groups excluding carboxylic acids is 1. The zero-order valence-electron chi connectivity index (χ0n) is 11.0. The molecular weight excluding hydrogens is 252 g/mol. The van der Waals surface area contributed by atoms with Gasteiger partial charge in [0.1, 0.15) is 5.69 Å². The van der Waals surface area contributed by atoms with Crippen molar-refractivity contribution >= 4 is 11.6 Å². The molecule has 0 aliphatic carbocycles. The van der Waals surface area contributed by atoms with Crippen molar-refractivity contribution in [1.29, 1.82) is 5.26 Å². The van der Waals surface area contributed by atoms with Crippen molar-refractivity contribution in [1.82, 2.24) is 5.32 Å². The van der Waals surface area contributed by atoms with Crippen molar-refractivity contribution in [2.24, 2.45) is 5.41 Å². The number of hydrogen-bond donors (Lipinski definition) is 2. The molecule has 2 N–H and O–H groups in total. The van der Waals surface area contributed by atoms with Gasteiger partial charge in [-0.2, -0.15) is 5.26 Å². The van der Waals surface area contributed by atoms with Crippen LogP contribution in [0.2, 0.25) is 0 Å². The number of nitriles is 1. The van der Waals surface area contributed by atoms with Gasteiger partial charge in [0.25, 0.3) is 0 Å². The summed E-state index contributed by atoms with van der Waals surface area (Å²) < 4.78 is 27.2. The summed E-state index contributed by atoms with van der Waals surface area (Å²) in [6.07, 6.45) is 0. The third kappa shape index (κ3) is 3.41. The number of hydrogen-bond acceptors (Lipinski definition) is 3. The SMILES string of the molecule is CNC(=O)C(C)(C)CNc1c(F)cc(C#N)cc1F. The van der Waals surface area contributed by atoms with Crippen molar-refractivity contribution in [2.75, 3.05) is 18.9 Å². The molecule has 0 radical (unpaired) electrons. The van der Waals surface area contributed by atoms with E-state index in [1.54, 1.807) is 19.9 Å². The summed E-state index contributed by atoms with van der Waals surface area (Å²) in [6, 6.07) is 3.55. The van der Waals surface area contributed by atoms with Gasteiger partial charge in [-0.25, -0.2) is 8.78 Å². The predicted octanol–water partition coefficient (Wildman–Crippen LogP) is 2.02. The first-order chi connectivity index (χ1) is 8.81. The molecule has 0 aromatic heterocycles. The van der Waals surface area contributed by atoms with Gasteiger partial charge in [0.2, 0.25) is 5.91 Å². The average molecular weight is 267 g/mol. The van der Waals surface area contributed by atoms with E-state index in [1.165, 1.54) is 7.05 Å². The lowest BCUT2D eigenvalue weighted by Gasteiger charge is -2.23. The molecule has 0 heterocycles. The Labute approximate surface area is 110 Å². The smallest absolute Gasteiger partial charge is 0.227 e. The first-order valence-corrected chi connectivity index (χ1v) is 5.67. The Bertz CT molecular complexity index is 512. The third-order valence-corrected chi connectivity index (χ3v) is 2.72. The lowest BCUT2D eigenvalue weighted by atomic mass is 9.92. The minimum absolute atomic E-state index is 0.0619. The van der Waals surface area contributed by atoms with E-state index < -0.39 is 17.0 Å². The van der Waals surface area contributed by atoms with Gasteiger partial charge in [-0.1, -0.05) is 0 Å². The monoisotopic (exact) mass is 267 g/mol. The average Bonchev–Trinajstić information content (AvgIpc) is 2.36. The fourth-order valence-corrected chi connectivity index (χ4v) is 1.53. The summed E-state index contributed by atoms with van der Waals surface area (Å²) in [5.41, 5.74) is -1.25. The maximum Gasteiger partial charge on any atom is 0.227 e. The van der Waals surface area contributed by atoms with E-state index in [4.69, 9.17) is 5.26 Å². The third-order valence-electron chi connectivity index (χ3n) is 2.72. The summed E-state index contributed by atoms with van der Waals surface area (Å²) >= 11 is 0. The topological polar surface area (TPSA) is 64.9 Å². The quantitative estimate of drug-likeness (QED) is 0.877. The molecule has 0 spiro atoms. The highest BCUT2D eigenvalue weighted by atomic mass is 19.1. The predicted molar refractivity (Wildman–Crippen MR) is 67.4 cm³/mol. The second-order valence-corrected chi connectivity index (χ2v) is 4.74. The maximum absolute atomic E-state index is 13.6. The van der Waals surface area contributed by atoms with Crippen LogP contribution in [0, 0.1) is 28.4 Å². The molecule has 1 rings (SSSR count). The number of nitrogens with zero attached hydrogens (tertiary/aromatic N) is 1.